The van der Waals surface area contributed by atoms with Gasteiger partial charge in [0.25, 0.3) is 0 Å². The van der Waals surface area contributed by atoms with E-state index in [1.807, 2.05) is 0 Å². The van der Waals surface area contributed by atoms with Gasteiger partial charge in [-0.2, -0.15) is 0 Å². The summed E-state index contributed by atoms with van der Waals surface area (Å²) in [6.07, 6.45) is 0.847. The summed E-state index contributed by atoms with van der Waals surface area (Å²) in [5, 5.41) is 0. The molecule has 0 spiro atoms. The zero-order valence-corrected chi connectivity index (χ0v) is 5.37. The molecular formula is C2H8ClOP. The zero-order chi connectivity index (χ0) is 3.41. The van der Waals surface area contributed by atoms with Crippen molar-refractivity contribution < 1.29 is 17.1 Å². The van der Waals surface area contributed by atoms with Crippen LogP contribution < -0.4 is 12.4 Å². The van der Waals surface area contributed by atoms with Crippen LogP contribution in [0.4, 0.5) is 0 Å². The maximum Gasteiger partial charge on any atom is 0.149 e. The topological polar surface area (TPSA) is 9.23 Å². The lowest BCUT2D eigenvalue weighted by Gasteiger charge is -1.71. The predicted octanol–water partition coefficient (Wildman–Crippen LogP) is -2.80. The summed E-state index contributed by atoms with van der Waals surface area (Å²) in [6, 6.07) is 0. The molecule has 1 nitrogen and oxygen atoms in total. The molecule has 0 rings (SSSR count). The van der Waals surface area contributed by atoms with Crippen molar-refractivity contribution in [1.29, 1.82) is 0 Å². The van der Waals surface area contributed by atoms with E-state index < -0.39 is 0 Å². The van der Waals surface area contributed by atoms with Crippen LogP contribution in [0.1, 0.15) is 0 Å². The summed E-state index contributed by atoms with van der Waals surface area (Å²) in [7, 11) is 3.49. The lowest BCUT2D eigenvalue weighted by atomic mass is 11.5. The molecule has 3 heteroatoms. The minimum absolute atomic E-state index is 0. The van der Waals surface area contributed by atoms with Crippen molar-refractivity contribution in [2.45, 2.75) is 0 Å². The first-order chi connectivity index (χ1) is 1.91. The molecule has 1 atom stereocenters. The second kappa shape index (κ2) is 8.82. The standard InChI is InChI=1S/C2H7OP.ClH/c1-3-2-4;/h2,4H2,1H3;1H. The molecular weight excluding hydrogens is 106 g/mol. The molecule has 0 aliphatic rings. The Balaban J connectivity index is 0. The van der Waals surface area contributed by atoms with Gasteiger partial charge in [-0.3, -0.25) is 0 Å². The van der Waals surface area contributed by atoms with Gasteiger partial charge in [0.15, 0.2) is 0 Å². The molecule has 0 amide bonds. The number of ether oxygens (including phenoxy) is 1. The maximum absolute atomic E-state index is 4.55. The quantitative estimate of drug-likeness (QED) is 0.335. The fourth-order valence-electron chi connectivity index (χ4n) is 0. The van der Waals surface area contributed by atoms with Crippen molar-refractivity contribution in [2.24, 2.45) is 0 Å². The minimum atomic E-state index is 0. The van der Waals surface area contributed by atoms with Gasteiger partial charge in [0, 0.05) is 16.3 Å². The molecule has 0 aromatic rings. The Morgan fingerprint density at radius 2 is 2.00 bits per heavy atom. The Morgan fingerprint density at radius 3 is 2.00 bits per heavy atom. The van der Waals surface area contributed by atoms with E-state index in [1.54, 1.807) is 16.3 Å². The fraction of sp³-hybridized carbons (Fsp3) is 1.00. The molecule has 34 valence electrons. The van der Waals surface area contributed by atoms with Crippen LogP contribution in [0.5, 0.6) is 0 Å². The van der Waals surface area contributed by atoms with Crippen LogP contribution in [0.2, 0.25) is 0 Å². The van der Waals surface area contributed by atoms with Crippen molar-refractivity contribution in [3.8, 4) is 0 Å². The molecule has 0 fully saturated rings. The third-order valence-electron chi connectivity index (χ3n) is 0.204. The van der Waals surface area contributed by atoms with Gasteiger partial charge in [0.05, 0.1) is 0 Å². The third-order valence-corrected chi connectivity index (χ3v) is 0.612. The van der Waals surface area contributed by atoms with Crippen molar-refractivity contribution in [3.05, 3.63) is 0 Å². The molecule has 0 aromatic heterocycles. The Bertz CT molecular complexity index is 11.6. The lowest BCUT2D eigenvalue weighted by molar-refractivity contribution is -0.00000107. The first kappa shape index (κ1) is 9.19. The van der Waals surface area contributed by atoms with E-state index in [4.69, 9.17) is 0 Å². The van der Waals surface area contributed by atoms with E-state index in [0.29, 0.717) is 0 Å². The minimum Gasteiger partial charge on any atom is -1.00 e. The monoisotopic (exact) mass is 114 g/mol. The number of halogens is 1. The van der Waals surface area contributed by atoms with Crippen LogP contribution in [0.25, 0.3) is 0 Å². The molecule has 0 saturated carbocycles. The van der Waals surface area contributed by atoms with E-state index in [1.165, 1.54) is 0 Å². The van der Waals surface area contributed by atoms with Gasteiger partial charge in [0.1, 0.15) is 6.35 Å². The highest BCUT2D eigenvalue weighted by Crippen LogP contribution is 1.73. The van der Waals surface area contributed by atoms with Crippen LogP contribution >= 0.6 is 9.24 Å². The molecule has 1 unspecified atom stereocenters. The second-order valence-corrected chi connectivity index (χ2v) is 0.901. The fourth-order valence-corrected chi connectivity index (χ4v) is 0. The van der Waals surface area contributed by atoms with Gasteiger partial charge in [-0.25, -0.2) is 0 Å². The van der Waals surface area contributed by atoms with Crippen molar-refractivity contribution in [2.75, 3.05) is 13.5 Å². The first-order valence-corrected chi connectivity index (χ1v) is 2.20. The highest BCUT2D eigenvalue weighted by Gasteiger charge is 1.57. The highest BCUT2D eigenvalue weighted by molar-refractivity contribution is 7.16. The second-order valence-electron chi connectivity index (χ2n) is 0.493. The average molecular weight is 115 g/mol. The largest absolute Gasteiger partial charge is 1.00 e. The van der Waals surface area contributed by atoms with E-state index >= 15 is 0 Å². The smallest absolute Gasteiger partial charge is 0.149 e. The van der Waals surface area contributed by atoms with Gasteiger partial charge < -0.3 is 17.1 Å². The Hall–Kier alpha value is 0.680. The number of hydrogen-bond donors (Lipinski definition) is 0. The van der Waals surface area contributed by atoms with E-state index in [0.717, 1.165) is 6.35 Å². The molecule has 0 aliphatic heterocycles. The van der Waals surface area contributed by atoms with Crippen LogP contribution in [-0.4, -0.2) is 13.5 Å². The molecule has 0 N–H and O–H groups in total. The summed E-state index contributed by atoms with van der Waals surface area (Å²) < 4.78 is 4.55. The lowest BCUT2D eigenvalue weighted by Crippen LogP contribution is -3.00. The first-order valence-electron chi connectivity index (χ1n) is 1.20. The summed E-state index contributed by atoms with van der Waals surface area (Å²) in [5.74, 6) is 0. The van der Waals surface area contributed by atoms with Gasteiger partial charge in [-0.1, -0.05) is 0 Å². The van der Waals surface area contributed by atoms with Crippen molar-refractivity contribution in [3.63, 3.8) is 0 Å². The van der Waals surface area contributed by atoms with Crippen LogP contribution in [-0.2, 0) is 4.74 Å². The molecule has 0 aliphatic carbocycles. The van der Waals surface area contributed by atoms with Crippen molar-refractivity contribution in [1.82, 2.24) is 0 Å². The average Bonchev–Trinajstić information content (AvgIpc) is 1.37. The number of hydrogen-bond acceptors (Lipinski definition) is 1. The van der Waals surface area contributed by atoms with Gasteiger partial charge in [-0.05, 0) is 0 Å². The van der Waals surface area contributed by atoms with Gasteiger partial charge in [-0.15, -0.1) is 0 Å². The van der Waals surface area contributed by atoms with E-state index in [2.05, 4.69) is 4.74 Å². The van der Waals surface area contributed by atoms with E-state index in [9.17, 15) is 0 Å². The van der Waals surface area contributed by atoms with Gasteiger partial charge in [0.2, 0.25) is 0 Å². The Morgan fingerprint density at radius 1 is 1.80 bits per heavy atom. The summed E-state index contributed by atoms with van der Waals surface area (Å²) >= 11 is 0. The summed E-state index contributed by atoms with van der Waals surface area (Å²) in [5.41, 5.74) is 0. The Labute approximate surface area is 40.7 Å². The van der Waals surface area contributed by atoms with Crippen LogP contribution in [0, 0.1) is 0 Å². The number of methoxy groups -OCH3 is 1. The van der Waals surface area contributed by atoms with Crippen LogP contribution in [0.15, 0.2) is 0 Å². The molecule has 0 radical (unpaired) electrons. The summed E-state index contributed by atoms with van der Waals surface area (Å²) in [4.78, 5) is 0. The Kier molecular flexibility index (Phi) is 16.2. The molecule has 0 saturated heterocycles. The highest BCUT2D eigenvalue weighted by atomic mass is 35.5. The predicted molar refractivity (Wildman–Crippen MR) is 23.0 cm³/mol. The molecule has 0 aromatic carbocycles. The number of rotatable bonds is 1. The molecule has 0 bridgehead atoms. The third kappa shape index (κ3) is 11.9. The van der Waals surface area contributed by atoms with Crippen LogP contribution in [0.3, 0.4) is 0 Å². The SMILES string of the molecule is COC[PH3+].[Cl-]. The normalized spacial score (nSPS) is 6.60. The maximum atomic E-state index is 4.55. The molecule has 5 heavy (non-hydrogen) atoms. The zero-order valence-electron chi connectivity index (χ0n) is 3.20. The van der Waals surface area contributed by atoms with Gasteiger partial charge >= 0.3 is 0 Å². The molecule has 0 heterocycles. The van der Waals surface area contributed by atoms with E-state index in [-0.39, 0.29) is 12.4 Å². The summed E-state index contributed by atoms with van der Waals surface area (Å²) in [6.45, 7) is 0. The van der Waals surface area contributed by atoms with Crippen molar-refractivity contribution >= 4 is 9.24 Å².